The van der Waals surface area contributed by atoms with Crippen molar-refractivity contribution in [3.8, 4) is 0 Å². The molecule has 5 nitrogen and oxygen atoms in total. The van der Waals surface area contributed by atoms with E-state index in [1.54, 1.807) is 6.07 Å². The summed E-state index contributed by atoms with van der Waals surface area (Å²) in [6.45, 7) is 1.63. The number of hydrogen-bond acceptors (Lipinski definition) is 3. The fourth-order valence-electron chi connectivity index (χ4n) is 3.56. The largest absolute Gasteiger partial charge is 0.330 e. The summed E-state index contributed by atoms with van der Waals surface area (Å²) in [4.78, 5) is 4.17. The van der Waals surface area contributed by atoms with Crippen LogP contribution >= 0.6 is 0 Å². The van der Waals surface area contributed by atoms with Crippen molar-refractivity contribution in [1.82, 2.24) is 13.9 Å². The van der Waals surface area contributed by atoms with E-state index in [2.05, 4.69) is 9.55 Å². The second-order valence-electron chi connectivity index (χ2n) is 6.66. The van der Waals surface area contributed by atoms with E-state index in [0.29, 0.717) is 19.0 Å². The number of hydrogen-bond donors (Lipinski definition) is 0. The lowest BCUT2D eigenvalue weighted by Crippen LogP contribution is -2.39. The molecule has 1 aromatic heterocycles. The maximum atomic E-state index is 13.9. The molecule has 0 bridgehead atoms. The van der Waals surface area contributed by atoms with Crippen molar-refractivity contribution in [2.45, 2.75) is 24.3 Å². The first-order valence-corrected chi connectivity index (χ1v) is 10.1. The molecular formula is C19H20FN3O2S. The quantitative estimate of drug-likeness (QED) is 0.705. The van der Waals surface area contributed by atoms with E-state index in [4.69, 9.17) is 0 Å². The van der Waals surface area contributed by atoms with Crippen LogP contribution in [0.15, 0.2) is 59.8 Å². The standard InChI is InChI=1S/C19H20FN3O2S/c20-16-5-1-4-8-19(16)26(24,25)23-11-9-15(10-12-23)13-22-14-21-17-6-2-3-7-18(17)22/h1-8,14-15H,9-13H2. The Kier molecular flexibility index (Phi) is 4.50. The average Bonchev–Trinajstić information content (AvgIpc) is 3.05. The molecule has 0 aliphatic carbocycles. The van der Waals surface area contributed by atoms with Crippen molar-refractivity contribution >= 4 is 21.1 Å². The van der Waals surface area contributed by atoms with E-state index in [9.17, 15) is 12.8 Å². The number of imidazole rings is 1. The second-order valence-corrected chi connectivity index (χ2v) is 8.57. The Bertz CT molecular complexity index is 1020. The van der Waals surface area contributed by atoms with Gasteiger partial charge in [0, 0.05) is 19.6 Å². The van der Waals surface area contributed by atoms with E-state index in [-0.39, 0.29) is 4.90 Å². The number of aromatic nitrogens is 2. The molecule has 0 amide bonds. The molecule has 1 fully saturated rings. The number of nitrogens with zero attached hydrogens (tertiary/aromatic N) is 3. The summed E-state index contributed by atoms with van der Waals surface area (Å²) in [5.41, 5.74) is 2.06. The zero-order chi connectivity index (χ0) is 18.1. The molecule has 4 rings (SSSR count). The average molecular weight is 373 g/mol. The fraction of sp³-hybridized carbons (Fsp3) is 0.316. The summed E-state index contributed by atoms with van der Waals surface area (Å²) in [6, 6.07) is 13.5. The summed E-state index contributed by atoms with van der Waals surface area (Å²) >= 11 is 0. The molecule has 7 heteroatoms. The van der Waals surface area contributed by atoms with Crippen LogP contribution in [0.4, 0.5) is 4.39 Å². The zero-order valence-electron chi connectivity index (χ0n) is 14.3. The number of halogens is 1. The van der Waals surface area contributed by atoms with E-state index < -0.39 is 15.8 Å². The van der Waals surface area contributed by atoms with Gasteiger partial charge in [0.05, 0.1) is 17.4 Å². The van der Waals surface area contributed by atoms with Gasteiger partial charge in [-0.2, -0.15) is 4.31 Å². The fourth-order valence-corrected chi connectivity index (χ4v) is 5.09. The number of fused-ring (bicyclic) bond motifs is 1. The van der Waals surface area contributed by atoms with Crippen LogP contribution in [-0.4, -0.2) is 35.4 Å². The van der Waals surface area contributed by atoms with E-state index in [1.807, 2.05) is 30.6 Å². The highest BCUT2D eigenvalue weighted by Gasteiger charge is 2.31. The molecule has 0 saturated carbocycles. The van der Waals surface area contributed by atoms with Crippen molar-refractivity contribution < 1.29 is 12.8 Å². The van der Waals surface area contributed by atoms with Gasteiger partial charge in [0.25, 0.3) is 0 Å². The van der Waals surface area contributed by atoms with Crippen molar-refractivity contribution in [1.29, 1.82) is 0 Å². The number of benzene rings is 2. The van der Waals surface area contributed by atoms with Crippen molar-refractivity contribution in [3.63, 3.8) is 0 Å². The van der Waals surface area contributed by atoms with Crippen molar-refractivity contribution in [2.24, 2.45) is 5.92 Å². The molecule has 0 spiro atoms. The summed E-state index contributed by atoms with van der Waals surface area (Å²) in [7, 11) is -3.77. The molecule has 26 heavy (non-hydrogen) atoms. The maximum Gasteiger partial charge on any atom is 0.245 e. The van der Waals surface area contributed by atoms with Gasteiger partial charge >= 0.3 is 0 Å². The summed E-state index contributed by atoms with van der Waals surface area (Å²) in [5.74, 6) is -0.320. The zero-order valence-corrected chi connectivity index (χ0v) is 15.1. The summed E-state index contributed by atoms with van der Waals surface area (Å²) < 4.78 is 42.8. The minimum absolute atomic E-state index is 0.237. The third-order valence-electron chi connectivity index (χ3n) is 5.01. The predicted octanol–water partition coefficient (Wildman–Crippen LogP) is 3.28. The number of piperidine rings is 1. The van der Waals surface area contributed by atoms with Crippen LogP contribution in [0.25, 0.3) is 11.0 Å². The molecule has 0 unspecified atom stereocenters. The molecule has 0 N–H and O–H groups in total. The molecule has 1 saturated heterocycles. The first-order valence-electron chi connectivity index (χ1n) is 8.70. The third kappa shape index (κ3) is 3.12. The number of rotatable bonds is 4. The number of para-hydroxylation sites is 2. The number of sulfonamides is 1. The Balaban J connectivity index is 1.45. The molecule has 2 heterocycles. The second kappa shape index (κ2) is 6.81. The molecule has 1 aliphatic heterocycles. The maximum absolute atomic E-state index is 13.9. The highest BCUT2D eigenvalue weighted by atomic mass is 32.2. The van der Waals surface area contributed by atoms with Crippen LogP contribution in [0.2, 0.25) is 0 Å². The molecule has 3 aromatic rings. The van der Waals surface area contributed by atoms with Crippen LogP contribution in [0, 0.1) is 11.7 Å². The Morgan fingerprint density at radius 3 is 2.50 bits per heavy atom. The first-order chi connectivity index (χ1) is 12.6. The van der Waals surface area contributed by atoms with Crippen LogP contribution in [0.5, 0.6) is 0 Å². The smallest absolute Gasteiger partial charge is 0.245 e. The Morgan fingerprint density at radius 1 is 1.04 bits per heavy atom. The summed E-state index contributed by atoms with van der Waals surface area (Å²) in [6.07, 6.45) is 3.34. The van der Waals surface area contributed by atoms with Crippen molar-refractivity contribution in [3.05, 3.63) is 60.7 Å². The molecule has 1 aliphatic rings. The normalized spacial score (nSPS) is 17.0. The SMILES string of the molecule is O=S(=O)(c1ccccc1F)N1CCC(Cn2cnc3ccccc32)CC1. The van der Waals surface area contributed by atoms with Gasteiger partial charge in [-0.3, -0.25) is 0 Å². The minimum atomic E-state index is -3.77. The van der Waals surface area contributed by atoms with Gasteiger partial charge in [0.15, 0.2) is 0 Å². The van der Waals surface area contributed by atoms with Gasteiger partial charge in [0.2, 0.25) is 10.0 Å². The molecule has 0 radical (unpaired) electrons. The molecular weight excluding hydrogens is 353 g/mol. The Labute approximate surface area is 152 Å². The van der Waals surface area contributed by atoms with E-state index in [0.717, 1.165) is 30.4 Å². The van der Waals surface area contributed by atoms with Gasteiger partial charge in [-0.15, -0.1) is 0 Å². The van der Waals surface area contributed by atoms with E-state index >= 15 is 0 Å². The van der Waals surface area contributed by atoms with Crippen LogP contribution in [0.1, 0.15) is 12.8 Å². The van der Waals surface area contributed by atoms with Gasteiger partial charge in [-0.25, -0.2) is 17.8 Å². The monoisotopic (exact) mass is 373 g/mol. The Morgan fingerprint density at radius 2 is 1.73 bits per heavy atom. The van der Waals surface area contributed by atoms with Crippen LogP contribution in [-0.2, 0) is 16.6 Å². The van der Waals surface area contributed by atoms with Gasteiger partial charge in [0.1, 0.15) is 10.7 Å². The summed E-state index contributed by atoms with van der Waals surface area (Å²) in [5, 5.41) is 0. The predicted molar refractivity (Wildman–Crippen MR) is 97.6 cm³/mol. The lowest BCUT2D eigenvalue weighted by molar-refractivity contribution is 0.254. The Hall–Kier alpha value is -2.25. The first kappa shape index (κ1) is 17.2. The minimum Gasteiger partial charge on any atom is -0.330 e. The van der Waals surface area contributed by atoms with Crippen LogP contribution in [0.3, 0.4) is 0 Å². The van der Waals surface area contributed by atoms with Gasteiger partial charge in [-0.1, -0.05) is 24.3 Å². The highest BCUT2D eigenvalue weighted by Crippen LogP contribution is 2.27. The lowest BCUT2D eigenvalue weighted by atomic mass is 9.98. The van der Waals surface area contributed by atoms with E-state index in [1.165, 1.54) is 22.5 Å². The molecule has 0 atom stereocenters. The lowest BCUT2D eigenvalue weighted by Gasteiger charge is -2.31. The molecule has 2 aromatic carbocycles. The molecule has 136 valence electrons. The topological polar surface area (TPSA) is 55.2 Å². The van der Waals surface area contributed by atoms with Crippen LogP contribution < -0.4 is 0 Å². The van der Waals surface area contributed by atoms with Gasteiger partial charge < -0.3 is 4.57 Å². The highest BCUT2D eigenvalue weighted by molar-refractivity contribution is 7.89. The third-order valence-corrected chi connectivity index (χ3v) is 6.94. The van der Waals surface area contributed by atoms with Crippen molar-refractivity contribution in [2.75, 3.05) is 13.1 Å². The van der Waals surface area contributed by atoms with Gasteiger partial charge in [-0.05, 0) is 43.0 Å².